The number of urea groups is 1. The molecule has 0 unspecified atom stereocenters. The van der Waals surface area contributed by atoms with E-state index in [1.54, 1.807) is 11.0 Å². The van der Waals surface area contributed by atoms with Crippen molar-refractivity contribution in [1.29, 1.82) is 0 Å². The van der Waals surface area contributed by atoms with Crippen LogP contribution in [0.1, 0.15) is 50.5 Å². The van der Waals surface area contributed by atoms with Gasteiger partial charge in [0, 0.05) is 43.4 Å². The van der Waals surface area contributed by atoms with Crippen LogP contribution in [0.4, 0.5) is 13.6 Å². The highest BCUT2D eigenvalue weighted by molar-refractivity contribution is 5.80. The van der Waals surface area contributed by atoms with Gasteiger partial charge in [0.25, 0.3) is 0 Å². The molecule has 4 rings (SSSR count). The van der Waals surface area contributed by atoms with Crippen molar-refractivity contribution >= 4 is 11.9 Å². The maximum absolute atomic E-state index is 14.5. The topological polar surface area (TPSA) is 61.4 Å². The standard InChI is InChI=1S/C21H27F2N3O2/c22-16-6-3-5-15(18(16)23)21(8-1-2-9-21)13-25-19(28)26-10-4-7-20(14-26)11-17(27)24-12-20/h3,5-6H,1-2,4,7-14H2,(H,24,27)(H,25,28)/t20-/m0/s1. The van der Waals surface area contributed by atoms with Gasteiger partial charge in [-0.1, -0.05) is 25.0 Å². The molecule has 0 aromatic heterocycles. The van der Waals surface area contributed by atoms with E-state index in [1.165, 1.54) is 6.07 Å². The summed E-state index contributed by atoms with van der Waals surface area (Å²) >= 11 is 0. The number of amides is 3. The predicted molar refractivity (Wildman–Crippen MR) is 101 cm³/mol. The fourth-order valence-corrected chi connectivity index (χ4v) is 5.28. The Morgan fingerprint density at radius 2 is 1.96 bits per heavy atom. The lowest BCUT2D eigenvalue weighted by Crippen LogP contribution is -2.52. The fourth-order valence-electron chi connectivity index (χ4n) is 5.28. The molecule has 28 heavy (non-hydrogen) atoms. The molecule has 2 aliphatic heterocycles. The van der Waals surface area contributed by atoms with Crippen molar-refractivity contribution in [2.24, 2.45) is 5.41 Å². The summed E-state index contributed by atoms with van der Waals surface area (Å²) in [5, 5.41) is 5.87. The first-order valence-electron chi connectivity index (χ1n) is 10.2. The quantitative estimate of drug-likeness (QED) is 0.832. The van der Waals surface area contributed by atoms with Crippen LogP contribution >= 0.6 is 0 Å². The molecule has 7 heteroatoms. The van der Waals surface area contributed by atoms with Crippen molar-refractivity contribution in [2.45, 2.75) is 50.4 Å². The highest BCUT2D eigenvalue weighted by atomic mass is 19.2. The van der Waals surface area contributed by atoms with Gasteiger partial charge in [-0.15, -0.1) is 0 Å². The van der Waals surface area contributed by atoms with Crippen LogP contribution in [0.5, 0.6) is 0 Å². The molecule has 3 fully saturated rings. The SMILES string of the molecule is O=C1C[C@@]2(CCCN(C(=O)NCC3(c4cccc(F)c4F)CCCC3)C2)CN1. The van der Waals surface area contributed by atoms with E-state index < -0.39 is 17.0 Å². The van der Waals surface area contributed by atoms with Gasteiger partial charge >= 0.3 is 6.03 Å². The number of carbonyl (C=O) groups is 2. The smallest absolute Gasteiger partial charge is 0.317 e. The van der Waals surface area contributed by atoms with Gasteiger partial charge in [0.1, 0.15) is 0 Å². The highest BCUT2D eigenvalue weighted by Gasteiger charge is 2.43. The van der Waals surface area contributed by atoms with Crippen molar-refractivity contribution < 1.29 is 18.4 Å². The summed E-state index contributed by atoms with van der Waals surface area (Å²) in [6.45, 7) is 2.13. The van der Waals surface area contributed by atoms with Crippen molar-refractivity contribution in [3.63, 3.8) is 0 Å². The molecule has 1 aromatic rings. The molecule has 5 nitrogen and oxygen atoms in total. The van der Waals surface area contributed by atoms with E-state index in [-0.39, 0.29) is 17.4 Å². The van der Waals surface area contributed by atoms with Crippen LogP contribution in [0.2, 0.25) is 0 Å². The molecule has 1 saturated carbocycles. The van der Waals surface area contributed by atoms with Crippen molar-refractivity contribution in [3.8, 4) is 0 Å². The molecule has 1 aromatic carbocycles. The minimum atomic E-state index is -0.841. The minimum Gasteiger partial charge on any atom is -0.355 e. The van der Waals surface area contributed by atoms with Gasteiger partial charge in [-0.2, -0.15) is 0 Å². The van der Waals surface area contributed by atoms with Gasteiger partial charge in [-0.3, -0.25) is 4.79 Å². The largest absolute Gasteiger partial charge is 0.355 e. The van der Waals surface area contributed by atoms with Crippen LogP contribution in [0, 0.1) is 17.0 Å². The Morgan fingerprint density at radius 1 is 1.18 bits per heavy atom. The number of rotatable bonds is 3. The highest BCUT2D eigenvalue weighted by Crippen LogP contribution is 2.42. The molecule has 3 amide bonds. The molecule has 0 bridgehead atoms. The van der Waals surface area contributed by atoms with Gasteiger partial charge in [-0.25, -0.2) is 13.6 Å². The molecule has 3 aliphatic rings. The number of halogens is 2. The summed E-state index contributed by atoms with van der Waals surface area (Å²) in [7, 11) is 0. The van der Waals surface area contributed by atoms with Gasteiger partial charge < -0.3 is 15.5 Å². The number of hydrogen-bond acceptors (Lipinski definition) is 2. The summed E-state index contributed by atoms with van der Waals surface area (Å²) in [6, 6.07) is 4.13. The first kappa shape index (κ1) is 19.2. The van der Waals surface area contributed by atoms with Crippen molar-refractivity contribution in [2.75, 3.05) is 26.2 Å². The van der Waals surface area contributed by atoms with Crippen molar-refractivity contribution in [3.05, 3.63) is 35.4 Å². The Labute approximate surface area is 163 Å². The van der Waals surface area contributed by atoms with E-state index in [1.807, 2.05) is 0 Å². The molecule has 0 radical (unpaired) electrons. The summed E-state index contributed by atoms with van der Waals surface area (Å²) in [6.07, 6.45) is 5.61. The lowest BCUT2D eigenvalue weighted by molar-refractivity contribution is -0.119. The van der Waals surface area contributed by atoms with Crippen LogP contribution in [0.25, 0.3) is 0 Å². The van der Waals surface area contributed by atoms with E-state index in [0.717, 1.165) is 44.6 Å². The molecule has 2 saturated heterocycles. The molecule has 1 aliphatic carbocycles. The molecule has 152 valence electrons. The second-order valence-electron chi connectivity index (χ2n) is 8.73. The Kier molecular flexibility index (Phi) is 5.02. The van der Waals surface area contributed by atoms with Crippen molar-refractivity contribution in [1.82, 2.24) is 15.5 Å². The predicted octanol–water partition coefficient (Wildman–Crippen LogP) is 3.09. The van der Waals surface area contributed by atoms with Crippen LogP contribution in [-0.4, -0.2) is 43.0 Å². The number of nitrogens with one attached hydrogen (secondary N) is 2. The Morgan fingerprint density at radius 3 is 2.68 bits per heavy atom. The summed E-state index contributed by atoms with van der Waals surface area (Å²) in [4.78, 5) is 26.3. The van der Waals surface area contributed by atoms with Crippen LogP contribution < -0.4 is 10.6 Å². The second-order valence-corrected chi connectivity index (χ2v) is 8.73. The molecular formula is C21H27F2N3O2. The molecule has 1 atom stereocenters. The third kappa shape index (κ3) is 3.47. The third-order valence-electron chi connectivity index (χ3n) is 6.81. The van der Waals surface area contributed by atoms with Gasteiger partial charge in [-0.05, 0) is 37.3 Å². The molecule has 2 heterocycles. The summed E-state index contributed by atoms with van der Waals surface area (Å²) in [5.41, 5.74) is -0.349. The Bertz CT molecular complexity index is 779. The lowest BCUT2D eigenvalue weighted by atomic mass is 9.78. The van der Waals surface area contributed by atoms with Gasteiger partial charge in [0.05, 0.1) is 0 Å². The average Bonchev–Trinajstić information content (AvgIpc) is 3.30. The number of hydrogen-bond donors (Lipinski definition) is 2. The fraction of sp³-hybridized carbons (Fsp3) is 0.619. The molecule has 1 spiro atoms. The monoisotopic (exact) mass is 391 g/mol. The first-order valence-corrected chi connectivity index (χ1v) is 10.2. The van der Waals surface area contributed by atoms with Crippen LogP contribution in [0.15, 0.2) is 18.2 Å². The lowest BCUT2D eigenvalue weighted by Gasteiger charge is -2.40. The van der Waals surface area contributed by atoms with E-state index in [4.69, 9.17) is 0 Å². The number of nitrogens with zero attached hydrogens (tertiary/aromatic N) is 1. The zero-order valence-electron chi connectivity index (χ0n) is 16.0. The van der Waals surface area contributed by atoms with E-state index in [9.17, 15) is 18.4 Å². The maximum Gasteiger partial charge on any atom is 0.317 e. The first-order chi connectivity index (χ1) is 13.4. The summed E-state index contributed by atoms with van der Waals surface area (Å²) in [5.74, 6) is -1.59. The minimum absolute atomic E-state index is 0.0498. The van der Waals surface area contributed by atoms with Crippen LogP contribution in [-0.2, 0) is 10.2 Å². The third-order valence-corrected chi connectivity index (χ3v) is 6.81. The summed E-state index contributed by atoms with van der Waals surface area (Å²) < 4.78 is 28.3. The maximum atomic E-state index is 14.5. The van der Waals surface area contributed by atoms with E-state index in [2.05, 4.69) is 10.6 Å². The number of likely N-dealkylation sites (tertiary alicyclic amines) is 1. The zero-order valence-corrected chi connectivity index (χ0v) is 16.0. The number of piperidine rings is 1. The Hall–Kier alpha value is -2.18. The van der Waals surface area contributed by atoms with Crippen LogP contribution in [0.3, 0.4) is 0 Å². The van der Waals surface area contributed by atoms with E-state index >= 15 is 0 Å². The zero-order chi connectivity index (χ0) is 19.8. The Balaban J connectivity index is 1.45. The van der Waals surface area contributed by atoms with Gasteiger partial charge in [0.15, 0.2) is 11.6 Å². The number of benzene rings is 1. The van der Waals surface area contributed by atoms with Gasteiger partial charge in [0.2, 0.25) is 5.91 Å². The molecule has 2 N–H and O–H groups in total. The molecular weight excluding hydrogens is 364 g/mol. The number of carbonyl (C=O) groups excluding carboxylic acids is 2. The van der Waals surface area contributed by atoms with E-state index in [0.29, 0.717) is 38.2 Å². The average molecular weight is 391 g/mol. The normalized spacial score (nSPS) is 26.5. The second kappa shape index (κ2) is 7.33.